The molecular formula is C16H13N3O. The molecule has 1 heterocycles. The van der Waals surface area contributed by atoms with Crippen molar-refractivity contribution in [1.82, 2.24) is 9.97 Å². The third kappa shape index (κ3) is 2.44. The van der Waals surface area contributed by atoms with Crippen molar-refractivity contribution in [2.75, 3.05) is 5.73 Å². The molecule has 20 heavy (non-hydrogen) atoms. The summed E-state index contributed by atoms with van der Waals surface area (Å²) in [5.74, 6) is 0.560. The lowest BCUT2D eigenvalue weighted by molar-refractivity contribution is 1.13. The van der Waals surface area contributed by atoms with Crippen molar-refractivity contribution in [2.24, 2.45) is 0 Å². The smallest absolute Gasteiger partial charge is 0.251 e. The Bertz CT molecular complexity index is 777. The lowest BCUT2D eigenvalue weighted by atomic mass is 10.1. The molecule has 3 aromatic rings. The normalized spacial score (nSPS) is 10.4. The summed E-state index contributed by atoms with van der Waals surface area (Å²) in [5.41, 5.74) is 8.55. The van der Waals surface area contributed by atoms with E-state index in [1.54, 1.807) is 12.1 Å². The molecule has 98 valence electrons. The average molecular weight is 263 g/mol. The summed E-state index contributed by atoms with van der Waals surface area (Å²) in [6.45, 7) is 0. The van der Waals surface area contributed by atoms with Crippen molar-refractivity contribution in [3.63, 3.8) is 0 Å². The number of nitrogens with one attached hydrogen (secondary N) is 1. The molecule has 0 amide bonds. The molecule has 3 N–H and O–H groups in total. The van der Waals surface area contributed by atoms with Crippen LogP contribution < -0.4 is 11.3 Å². The molecule has 0 spiro atoms. The highest BCUT2D eigenvalue weighted by Gasteiger charge is 2.05. The number of benzene rings is 2. The fourth-order valence-corrected chi connectivity index (χ4v) is 1.99. The van der Waals surface area contributed by atoms with E-state index in [4.69, 9.17) is 5.73 Å². The second-order valence-electron chi connectivity index (χ2n) is 4.47. The summed E-state index contributed by atoms with van der Waals surface area (Å²) in [6, 6.07) is 18.3. The number of aromatic nitrogens is 2. The first-order valence-corrected chi connectivity index (χ1v) is 6.25. The Balaban J connectivity index is 2.12. The van der Waals surface area contributed by atoms with Gasteiger partial charge < -0.3 is 10.7 Å². The van der Waals surface area contributed by atoms with Crippen LogP contribution in [0.25, 0.3) is 22.6 Å². The quantitative estimate of drug-likeness (QED) is 0.698. The van der Waals surface area contributed by atoms with E-state index in [0.29, 0.717) is 17.2 Å². The lowest BCUT2D eigenvalue weighted by Crippen LogP contribution is -2.08. The van der Waals surface area contributed by atoms with Gasteiger partial charge >= 0.3 is 0 Å². The first-order chi connectivity index (χ1) is 9.72. The van der Waals surface area contributed by atoms with Crippen LogP contribution in [0.15, 0.2) is 65.5 Å². The molecule has 0 aliphatic heterocycles. The van der Waals surface area contributed by atoms with Gasteiger partial charge in [0, 0.05) is 22.9 Å². The van der Waals surface area contributed by atoms with Crippen molar-refractivity contribution in [1.29, 1.82) is 0 Å². The van der Waals surface area contributed by atoms with Gasteiger partial charge in [0.2, 0.25) is 0 Å². The molecule has 3 rings (SSSR count). The first kappa shape index (κ1) is 12.2. The van der Waals surface area contributed by atoms with Gasteiger partial charge in [-0.1, -0.05) is 42.5 Å². The molecule has 4 heteroatoms. The third-order valence-corrected chi connectivity index (χ3v) is 3.00. The van der Waals surface area contributed by atoms with Gasteiger partial charge in [-0.3, -0.25) is 4.79 Å². The van der Waals surface area contributed by atoms with Gasteiger partial charge in [-0.25, -0.2) is 4.98 Å². The Hall–Kier alpha value is -2.88. The molecule has 2 aromatic carbocycles. The summed E-state index contributed by atoms with van der Waals surface area (Å²) in [7, 11) is 0. The van der Waals surface area contributed by atoms with E-state index < -0.39 is 0 Å². The first-order valence-electron chi connectivity index (χ1n) is 6.25. The molecule has 4 nitrogen and oxygen atoms in total. The summed E-state index contributed by atoms with van der Waals surface area (Å²) < 4.78 is 0. The summed E-state index contributed by atoms with van der Waals surface area (Å²) in [4.78, 5) is 19.1. The van der Waals surface area contributed by atoms with Gasteiger partial charge in [0.05, 0.1) is 5.69 Å². The van der Waals surface area contributed by atoms with Gasteiger partial charge in [0.1, 0.15) is 5.82 Å². The number of H-pyrrole nitrogens is 1. The van der Waals surface area contributed by atoms with Crippen LogP contribution in [0.3, 0.4) is 0 Å². The average Bonchev–Trinajstić information content (AvgIpc) is 2.48. The Morgan fingerprint density at radius 1 is 0.900 bits per heavy atom. The minimum atomic E-state index is -0.175. The van der Waals surface area contributed by atoms with E-state index in [2.05, 4.69) is 9.97 Å². The zero-order valence-corrected chi connectivity index (χ0v) is 10.7. The molecule has 0 saturated carbocycles. The number of nitrogens with two attached hydrogens (primary N) is 1. The van der Waals surface area contributed by atoms with Crippen LogP contribution in [0.4, 0.5) is 5.69 Å². The zero-order chi connectivity index (χ0) is 13.9. The molecule has 0 unspecified atom stereocenters. The number of rotatable bonds is 2. The van der Waals surface area contributed by atoms with Crippen molar-refractivity contribution in [2.45, 2.75) is 0 Å². The number of hydrogen-bond donors (Lipinski definition) is 2. The minimum absolute atomic E-state index is 0.175. The van der Waals surface area contributed by atoms with E-state index in [9.17, 15) is 4.79 Å². The van der Waals surface area contributed by atoms with Crippen molar-refractivity contribution in [3.05, 3.63) is 71.0 Å². The van der Waals surface area contributed by atoms with E-state index >= 15 is 0 Å². The Morgan fingerprint density at radius 3 is 2.30 bits per heavy atom. The minimum Gasteiger partial charge on any atom is -0.399 e. The van der Waals surface area contributed by atoms with Crippen molar-refractivity contribution in [3.8, 4) is 22.6 Å². The van der Waals surface area contributed by atoms with Crippen LogP contribution in [0.5, 0.6) is 0 Å². The van der Waals surface area contributed by atoms with Crippen molar-refractivity contribution >= 4 is 5.69 Å². The number of nitrogens with zero attached hydrogens (tertiary/aromatic N) is 1. The highest BCUT2D eigenvalue weighted by atomic mass is 16.1. The molecule has 0 aliphatic rings. The number of anilines is 1. The van der Waals surface area contributed by atoms with Crippen LogP contribution in [0.1, 0.15) is 0 Å². The van der Waals surface area contributed by atoms with Crippen LogP contribution in [-0.2, 0) is 0 Å². The fraction of sp³-hybridized carbons (Fsp3) is 0. The SMILES string of the molecule is Nc1ccc(-c2cc(=O)[nH]c(-c3ccccc3)n2)cc1. The number of hydrogen-bond acceptors (Lipinski definition) is 3. The second kappa shape index (κ2) is 5.01. The highest BCUT2D eigenvalue weighted by molar-refractivity contribution is 5.64. The predicted octanol–water partition coefficient (Wildman–Crippen LogP) is 2.69. The molecule has 0 radical (unpaired) electrons. The zero-order valence-electron chi connectivity index (χ0n) is 10.7. The Morgan fingerprint density at radius 2 is 1.60 bits per heavy atom. The van der Waals surface area contributed by atoms with Gasteiger partial charge in [0.15, 0.2) is 0 Å². The fourth-order valence-electron chi connectivity index (χ4n) is 1.99. The molecule has 1 aromatic heterocycles. The van der Waals surface area contributed by atoms with E-state index in [1.807, 2.05) is 42.5 Å². The Kier molecular flexibility index (Phi) is 3.05. The van der Waals surface area contributed by atoms with Gasteiger partial charge in [-0.15, -0.1) is 0 Å². The summed E-state index contributed by atoms with van der Waals surface area (Å²) in [5, 5.41) is 0. The van der Waals surface area contributed by atoms with E-state index in [-0.39, 0.29) is 5.56 Å². The molecule has 0 bridgehead atoms. The number of aromatic amines is 1. The maximum absolute atomic E-state index is 11.8. The van der Waals surface area contributed by atoms with Crippen LogP contribution in [-0.4, -0.2) is 9.97 Å². The van der Waals surface area contributed by atoms with Gasteiger partial charge in [-0.2, -0.15) is 0 Å². The third-order valence-electron chi connectivity index (χ3n) is 3.00. The molecular weight excluding hydrogens is 250 g/mol. The maximum atomic E-state index is 11.8. The van der Waals surface area contributed by atoms with E-state index in [0.717, 1.165) is 11.1 Å². The van der Waals surface area contributed by atoms with Crippen molar-refractivity contribution < 1.29 is 0 Å². The molecule has 0 atom stereocenters. The molecule has 0 saturated heterocycles. The van der Waals surface area contributed by atoms with Gasteiger partial charge in [-0.05, 0) is 12.1 Å². The molecule has 0 fully saturated rings. The molecule has 0 aliphatic carbocycles. The summed E-state index contributed by atoms with van der Waals surface area (Å²) >= 11 is 0. The van der Waals surface area contributed by atoms with Gasteiger partial charge in [0.25, 0.3) is 5.56 Å². The van der Waals surface area contributed by atoms with Crippen LogP contribution in [0.2, 0.25) is 0 Å². The van der Waals surface area contributed by atoms with Crippen LogP contribution >= 0.6 is 0 Å². The number of nitrogen functional groups attached to an aromatic ring is 1. The largest absolute Gasteiger partial charge is 0.399 e. The monoisotopic (exact) mass is 263 g/mol. The maximum Gasteiger partial charge on any atom is 0.251 e. The lowest BCUT2D eigenvalue weighted by Gasteiger charge is -2.05. The van der Waals surface area contributed by atoms with Crippen LogP contribution in [0, 0.1) is 0 Å². The Labute approximate surface area is 115 Å². The van der Waals surface area contributed by atoms with E-state index in [1.165, 1.54) is 6.07 Å². The summed E-state index contributed by atoms with van der Waals surface area (Å²) in [6.07, 6.45) is 0. The standard InChI is InChI=1S/C16H13N3O/c17-13-8-6-11(7-9-13)14-10-15(20)19-16(18-14)12-4-2-1-3-5-12/h1-10H,17H2,(H,18,19,20). The second-order valence-corrected chi connectivity index (χ2v) is 4.47. The topological polar surface area (TPSA) is 71.8 Å². The highest BCUT2D eigenvalue weighted by Crippen LogP contribution is 2.20. The predicted molar refractivity (Wildman–Crippen MR) is 80.1 cm³/mol.